The summed E-state index contributed by atoms with van der Waals surface area (Å²) in [6.45, 7) is 2.11. The molecule has 0 saturated heterocycles. The van der Waals surface area contributed by atoms with Gasteiger partial charge in [0.15, 0.2) is 0 Å². The minimum atomic E-state index is -0.964. The number of pyridine rings is 1. The summed E-state index contributed by atoms with van der Waals surface area (Å²) in [5, 5.41) is 11.0. The average molecular weight is 229 g/mol. The lowest BCUT2D eigenvalue weighted by molar-refractivity contribution is 0.0690. The Labute approximate surface area is 100 Å². The number of nitrogens with zero attached hydrogens (tertiary/aromatic N) is 1. The number of aryl methyl sites for hydroxylation is 1. The SMILES string of the molecule is CCCCc1nc(C(=O)O)cc2ccccc12. The highest BCUT2D eigenvalue weighted by molar-refractivity contribution is 5.93. The van der Waals surface area contributed by atoms with Gasteiger partial charge in [-0.25, -0.2) is 9.78 Å². The number of aromatic carboxylic acids is 1. The van der Waals surface area contributed by atoms with E-state index in [2.05, 4.69) is 11.9 Å². The number of aromatic nitrogens is 1. The van der Waals surface area contributed by atoms with Crippen LogP contribution in [0.3, 0.4) is 0 Å². The van der Waals surface area contributed by atoms with Crippen LogP contribution in [0.2, 0.25) is 0 Å². The molecular weight excluding hydrogens is 214 g/mol. The van der Waals surface area contributed by atoms with Crippen molar-refractivity contribution in [2.24, 2.45) is 0 Å². The molecule has 0 amide bonds. The van der Waals surface area contributed by atoms with Crippen LogP contribution < -0.4 is 0 Å². The van der Waals surface area contributed by atoms with E-state index in [0.29, 0.717) is 0 Å². The maximum atomic E-state index is 11.0. The molecule has 1 aromatic heterocycles. The molecule has 17 heavy (non-hydrogen) atoms. The predicted molar refractivity (Wildman–Crippen MR) is 67.3 cm³/mol. The third kappa shape index (κ3) is 2.44. The van der Waals surface area contributed by atoms with Crippen molar-refractivity contribution in [1.29, 1.82) is 0 Å². The first-order valence-corrected chi connectivity index (χ1v) is 5.84. The maximum Gasteiger partial charge on any atom is 0.354 e. The molecular formula is C14H15NO2. The van der Waals surface area contributed by atoms with Crippen LogP contribution in [-0.4, -0.2) is 16.1 Å². The highest BCUT2D eigenvalue weighted by Crippen LogP contribution is 2.20. The van der Waals surface area contributed by atoms with Crippen molar-refractivity contribution in [3.63, 3.8) is 0 Å². The molecule has 0 radical (unpaired) electrons. The van der Waals surface area contributed by atoms with E-state index in [4.69, 9.17) is 5.11 Å². The number of carbonyl (C=O) groups is 1. The summed E-state index contributed by atoms with van der Waals surface area (Å²) >= 11 is 0. The summed E-state index contributed by atoms with van der Waals surface area (Å²) in [4.78, 5) is 15.2. The van der Waals surface area contributed by atoms with Crippen molar-refractivity contribution in [2.75, 3.05) is 0 Å². The van der Waals surface area contributed by atoms with E-state index in [1.165, 1.54) is 0 Å². The first-order valence-electron chi connectivity index (χ1n) is 5.84. The second kappa shape index (κ2) is 4.95. The first kappa shape index (κ1) is 11.6. The molecule has 1 heterocycles. The lowest BCUT2D eigenvalue weighted by atomic mass is 10.0. The van der Waals surface area contributed by atoms with Gasteiger partial charge in [-0.2, -0.15) is 0 Å². The molecule has 2 rings (SSSR count). The van der Waals surface area contributed by atoms with Gasteiger partial charge in [0.1, 0.15) is 5.69 Å². The van der Waals surface area contributed by atoms with Gasteiger partial charge in [-0.05, 0) is 24.3 Å². The zero-order chi connectivity index (χ0) is 12.3. The Morgan fingerprint density at radius 2 is 2.12 bits per heavy atom. The molecule has 0 aliphatic heterocycles. The van der Waals surface area contributed by atoms with Crippen molar-refractivity contribution < 1.29 is 9.90 Å². The van der Waals surface area contributed by atoms with Gasteiger partial charge in [0.2, 0.25) is 0 Å². The second-order valence-electron chi connectivity index (χ2n) is 4.08. The Balaban J connectivity index is 2.56. The quantitative estimate of drug-likeness (QED) is 0.875. The Kier molecular flexibility index (Phi) is 3.38. The molecule has 0 spiro atoms. The van der Waals surface area contributed by atoms with Gasteiger partial charge in [0.05, 0.1) is 0 Å². The first-order chi connectivity index (χ1) is 8.22. The molecule has 0 fully saturated rings. The summed E-state index contributed by atoms with van der Waals surface area (Å²) in [6, 6.07) is 9.43. The van der Waals surface area contributed by atoms with Crippen LogP contribution >= 0.6 is 0 Å². The summed E-state index contributed by atoms with van der Waals surface area (Å²) in [5.74, 6) is -0.964. The summed E-state index contributed by atoms with van der Waals surface area (Å²) in [5.41, 5.74) is 1.03. The molecule has 1 aromatic carbocycles. The van der Waals surface area contributed by atoms with Crippen molar-refractivity contribution in [1.82, 2.24) is 4.98 Å². The highest BCUT2D eigenvalue weighted by atomic mass is 16.4. The molecule has 3 nitrogen and oxygen atoms in total. The average Bonchev–Trinajstić information content (AvgIpc) is 2.35. The molecule has 2 aromatic rings. The summed E-state index contributed by atoms with van der Waals surface area (Å²) in [7, 11) is 0. The van der Waals surface area contributed by atoms with Gasteiger partial charge in [-0.3, -0.25) is 0 Å². The van der Waals surface area contributed by atoms with Gasteiger partial charge in [-0.1, -0.05) is 37.6 Å². The molecule has 3 heteroatoms. The monoisotopic (exact) mass is 229 g/mol. The van der Waals surface area contributed by atoms with E-state index >= 15 is 0 Å². The van der Waals surface area contributed by atoms with E-state index in [1.54, 1.807) is 6.07 Å². The van der Waals surface area contributed by atoms with E-state index in [1.807, 2.05) is 24.3 Å². The van der Waals surface area contributed by atoms with E-state index in [-0.39, 0.29) is 5.69 Å². The Bertz CT molecular complexity index is 549. The van der Waals surface area contributed by atoms with Gasteiger partial charge in [0.25, 0.3) is 0 Å². The molecule has 0 atom stereocenters. The fourth-order valence-electron chi connectivity index (χ4n) is 1.92. The van der Waals surface area contributed by atoms with Gasteiger partial charge >= 0.3 is 5.97 Å². The van der Waals surface area contributed by atoms with Crippen LogP contribution in [0.4, 0.5) is 0 Å². The van der Waals surface area contributed by atoms with Crippen LogP contribution in [0.25, 0.3) is 10.8 Å². The number of rotatable bonds is 4. The van der Waals surface area contributed by atoms with Gasteiger partial charge < -0.3 is 5.11 Å². The number of hydrogen-bond donors (Lipinski definition) is 1. The van der Waals surface area contributed by atoms with Crippen LogP contribution in [0.1, 0.15) is 35.9 Å². The van der Waals surface area contributed by atoms with Crippen molar-refractivity contribution in [3.05, 3.63) is 41.7 Å². The normalized spacial score (nSPS) is 10.6. The summed E-state index contributed by atoms with van der Waals surface area (Å²) < 4.78 is 0. The van der Waals surface area contributed by atoms with E-state index < -0.39 is 5.97 Å². The van der Waals surface area contributed by atoms with E-state index in [0.717, 1.165) is 35.7 Å². The number of carboxylic acids is 1. The number of hydrogen-bond acceptors (Lipinski definition) is 2. The van der Waals surface area contributed by atoms with Crippen LogP contribution in [0.5, 0.6) is 0 Å². The minimum Gasteiger partial charge on any atom is -0.477 e. The molecule has 0 bridgehead atoms. The Morgan fingerprint density at radius 1 is 1.35 bits per heavy atom. The fourth-order valence-corrected chi connectivity index (χ4v) is 1.92. The lowest BCUT2D eigenvalue weighted by Crippen LogP contribution is -2.04. The van der Waals surface area contributed by atoms with E-state index in [9.17, 15) is 4.79 Å². The molecule has 0 aliphatic carbocycles. The third-order valence-electron chi connectivity index (χ3n) is 2.81. The van der Waals surface area contributed by atoms with Gasteiger partial charge in [-0.15, -0.1) is 0 Å². The van der Waals surface area contributed by atoms with Crippen LogP contribution in [0.15, 0.2) is 30.3 Å². The maximum absolute atomic E-state index is 11.0. The number of carboxylic acid groups (broad SMARTS) is 1. The van der Waals surface area contributed by atoms with Crippen molar-refractivity contribution in [3.8, 4) is 0 Å². The third-order valence-corrected chi connectivity index (χ3v) is 2.81. The highest BCUT2D eigenvalue weighted by Gasteiger charge is 2.10. The van der Waals surface area contributed by atoms with Crippen LogP contribution in [0, 0.1) is 0 Å². The van der Waals surface area contributed by atoms with Gasteiger partial charge in [0, 0.05) is 11.1 Å². The Hall–Kier alpha value is -1.90. The standard InChI is InChI=1S/C14H15NO2/c1-2-3-8-12-11-7-5-4-6-10(11)9-13(15-12)14(16)17/h4-7,9H,2-3,8H2,1H3,(H,16,17). The zero-order valence-electron chi connectivity index (χ0n) is 9.81. The Morgan fingerprint density at radius 3 is 2.82 bits per heavy atom. The van der Waals surface area contributed by atoms with Crippen molar-refractivity contribution in [2.45, 2.75) is 26.2 Å². The largest absolute Gasteiger partial charge is 0.477 e. The molecule has 0 saturated carbocycles. The van der Waals surface area contributed by atoms with Crippen molar-refractivity contribution >= 4 is 16.7 Å². The smallest absolute Gasteiger partial charge is 0.354 e. The lowest BCUT2D eigenvalue weighted by Gasteiger charge is -2.06. The predicted octanol–water partition coefficient (Wildman–Crippen LogP) is 3.28. The fraction of sp³-hybridized carbons (Fsp3) is 0.286. The second-order valence-corrected chi connectivity index (χ2v) is 4.08. The minimum absolute atomic E-state index is 0.134. The molecule has 1 N–H and O–H groups in total. The zero-order valence-corrected chi connectivity index (χ0v) is 9.81. The topological polar surface area (TPSA) is 50.2 Å². The number of unbranched alkanes of at least 4 members (excludes halogenated alkanes) is 1. The number of fused-ring (bicyclic) bond motifs is 1. The number of benzene rings is 1. The summed E-state index contributed by atoms with van der Waals surface area (Å²) in [6.07, 6.45) is 2.94. The molecule has 0 aliphatic rings. The molecule has 88 valence electrons. The molecule has 0 unspecified atom stereocenters. The van der Waals surface area contributed by atoms with Crippen LogP contribution in [-0.2, 0) is 6.42 Å².